The van der Waals surface area contributed by atoms with Gasteiger partial charge in [0.15, 0.2) is 0 Å². The predicted octanol–water partition coefficient (Wildman–Crippen LogP) is 1.55. The fourth-order valence-corrected chi connectivity index (χ4v) is 1.65. The fourth-order valence-electron chi connectivity index (χ4n) is 1.65. The summed E-state index contributed by atoms with van der Waals surface area (Å²) in [6.07, 6.45) is 1.24. The molecule has 3 heteroatoms. The lowest BCUT2D eigenvalue weighted by molar-refractivity contribution is 0.00153. The topological polar surface area (TPSA) is 41.5 Å². The minimum absolute atomic E-state index is 0.0128. The largest absolute Gasteiger partial charge is 0.389 e. The van der Waals surface area contributed by atoms with E-state index in [1.807, 2.05) is 20.8 Å². The molecule has 0 aliphatic carbocycles. The van der Waals surface area contributed by atoms with Gasteiger partial charge in [0.05, 0.1) is 11.7 Å². The van der Waals surface area contributed by atoms with Crippen LogP contribution >= 0.6 is 0 Å². The van der Waals surface area contributed by atoms with Gasteiger partial charge in [0.25, 0.3) is 0 Å². The molecular weight excluding hydrogens is 190 g/mol. The molecule has 3 unspecified atom stereocenters. The monoisotopic (exact) mass is 215 g/mol. The van der Waals surface area contributed by atoms with Gasteiger partial charge in [0.2, 0.25) is 0 Å². The highest BCUT2D eigenvalue weighted by molar-refractivity contribution is 4.95. The number of ether oxygens (including phenoxy) is 1. The van der Waals surface area contributed by atoms with Crippen LogP contribution < -0.4 is 5.32 Å². The first-order valence-electron chi connectivity index (χ1n) is 5.87. The van der Waals surface area contributed by atoms with Crippen molar-refractivity contribution in [1.82, 2.24) is 5.32 Å². The molecule has 0 spiro atoms. The molecule has 0 saturated carbocycles. The molecule has 1 saturated heterocycles. The van der Waals surface area contributed by atoms with E-state index in [1.54, 1.807) is 0 Å². The number of rotatable bonds is 4. The Morgan fingerprint density at radius 3 is 2.60 bits per heavy atom. The molecule has 1 heterocycles. The standard InChI is InChI=1S/C12H25NO2/c1-9(2)12(5,14)8-13-11(4)6-7-15-10(11)3/h9-10,13-14H,6-8H2,1-5H3. The van der Waals surface area contributed by atoms with E-state index in [4.69, 9.17) is 4.74 Å². The number of β-amino-alcohol motifs (C(OH)–C–C–N with tert-alkyl or cyclic N) is 1. The number of aliphatic hydroxyl groups is 1. The van der Waals surface area contributed by atoms with Gasteiger partial charge < -0.3 is 15.2 Å². The lowest BCUT2D eigenvalue weighted by Gasteiger charge is -2.35. The molecule has 0 amide bonds. The van der Waals surface area contributed by atoms with Crippen molar-refractivity contribution in [3.8, 4) is 0 Å². The highest BCUT2D eigenvalue weighted by Gasteiger charge is 2.38. The molecule has 0 radical (unpaired) electrons. The zero-order valence-electron chi connectivity index (χ0n) is 10.6. The zero-order chi connectivity index (χ0) is 11.7. The minimum Gasteiger partial charge on any atom is -0.389 e. The van der Waals surface area contributed by atoms with Gasteiger partial charge in [-0.1, -0.05) is 13.8 Å². The third-order valence-electron chi connectivity index (χ3n) is 3.98. The van der Waals surface area contributed by atoms with Crippen LogP contribution in [0.1, 0.15) is 41.0 Å². The molecular formula is C12H25NO2. The molecule has 0 aromatic rings. The maximum Gasteiger partial charge on any atom is 0.0766 e. The van der Waals surface area contributed by atoms with Crippen molar-refractivity contribution in [2.24, 2.45) is 5.92 Å². The number of hydrogen-bond donors (Lipinski definition) is 2. The van der Waals surface area contributed by atoms with Gasteiger partial charge in [-0.15, -0.1) is 0 Å². The summed E-state index contributed by atoms with van der Waals surface area (Å²) in [7, 11) is 0. The van der Waals surface area contributed by atoms with Gasteiger partial charge in [-0.2, -0.15) is 0 Å². The molecule has 0 aromatic heterocycles. The summed E-state index contributed by atoms with van der Waals surface area (Å²) in [5.41, 5.74) is -0.635. The second kappa shape index (κ2) is 4.40. The third-order valence-corrected chi connectivity index (χ3v) is 3.98. The first-order valence-corrected chi connectivity index (χ1v) is 5.87. The fraction of sp³-hybridized carbons (Fsp3) is 1.00. The molecule has 0 bridgehead atoms. The molecule has 1 fully saturated rings. The Labute approximate surface area is 93.2 Å². The summed E-state index contributed by atoms with van der Waals surface area (Å²) in [5.74, 6) is 0.256. The normalized spacial score (nSPS) is 35.8. The van der Waals surface area contributed by atoms with Gasteiger partial charge >= 0.3 is 0 Å². The van der Waals surface area contributed by atoms with Crippen molar-refractivity contribution < 1.29 is 9.84 Å². The third kappa shape index (κ3) is 2.92. The Balaban J connectivity index is 2.49. The van der Waals surface area contributed by atoms with Crippen LogP contribution in [0.2, 0.25) is 0 Å². The summed E-state index contributed by atoms with van der Waals surface area (Å²) < 4.78 is 5.55. The van der Waals surface area contributed by atoms with Crippen LogP contribution in [0.15, 0.2) is 0 Å². The van der Waals surface area contributed by atoms with E-state index in [1.165, 1.54) is 0 Å². The Morgan fingerprint density at radius 1 is 1.60 bits per heavy atom. The molecule has 1 aliphatic rings. The highest BCUT2D eigenvalue weighted by atomic mass is 16.5. The maximum absolute atomic E-state index is 10.1. The number of hydrogen-bond acceptors (Lipinski definition) is 3. The summed E-state index contributed by atoms with van der Waals surface area (Å²) in [4.78, 5) is 0. The summed E-state index contributed by atoms with van der Waals surface area (Å²) in [6, 6.07) is 0. The van der Waals surface area contributed by atoms with Crippen LogP contribution in [0, 0.1) is 5.92 Å². The van der Waals surface area contributed by atoms with E-state index < -0.39 is 5.60 Å². The van der Waals surface area contributed by atoms with Gasteiger partial charge in [0, 0.05) is 18.7 Å². The predicted molar refractivity (Wildman–Crippen MR) is 61.9 cm³/mol. The summed E-state index contributed by atoms with van der Waals surface area (Å²) in [6.45, 7) is 11.7. The second-order valence-electron chi connectivity index (χ2n) is 5.55. The van der Waals surface area contributed by atoms with E-state index in [0.717, 1.165) is 13.0 Å². The quantitative estimate of drug-likeness (QED) is 0.747. The van der Waals surface area contributed by atoms with Gasteiger partial charge in [0.1, 0.15) is 0 Å². The van der Waals surface area contributed by atoms with Crippen molar-refractivity contribution in [2.75, 3.05) is 13.2 Å². The second-order valence-corrected chi connectivity index (χ2v) is 5.55. The molecule has 3 nitrogen and oxygen atoms in total. The first kappa shape index (κ1) is 12.9. The maximum atomic E-state index is 10.1. The molecule has 2 N–H and O–H groups in total. The van der Waals surface area contributed by atoms with Crippen molar-refractivity contribution in [1.29, 1.82) is 0 Å². The van der Waals surface area contributed by atoms with E-state index in [9.17, 15) is 5.11 Å². The van der Waals surface area contributed by atoms with Gasteiger partial charge in [-0.05, 0) is 33.1 Å². The smallest absolute Gasteiger partial charge is 0.0766 e. The number of nitrogens with one attached hydrogen (secondary N) is 1. The molecule has 1 aliphatic heterocycles. The van der Waals surface area contributed by atoms with Crippen molar-refractivity contribution in [2.45, 2.75) is 58.3 Å². The van der Waals surface area contributed by atoms with E-state index in [2.05, 4.69) is 19.2 Å². The molecule has 3 atom stereocenters. The molecule has 90 valence electrons. The lowest BCUT2D eigenvalue weighted by atomic mass is 9.89. The van der Waals surface area contributed by atoms with Crippen molar-refractivity contribution in [3.05, 3.63) is 0 Å². The van der Waals surface area contributed by atoms with Crippen LogP contribution in [-0.4, -0.2) is 35.5 Å². The Hall–Kier alpha value is -0.120. The zero-order valence-corrected chi connectivity index (χ0v) is 10.6. The van der Waals surface area contributed by atoms with Crippen LogP contribution in [0.4, 0.5) is 0 Å². The average Bonchev–Trinajstić information content (AvgIpc) is 2.45. The SMILES string of the molecule is CC(C)C(C)(O)CNC1(C)CCOC1C. The van der Waals surface area contributed by atoms with Crippen molar-refractivity contribution in [3.63, 3.8) is 0 Å². The summed E-state index contributed by atoms with van der Waals surface area (Å²) in [5, 5.41) is 13.6. The molecule has 15 heavy (non-hydrogen) atoms. The van der Waals surface area contributed by atoms with Crippen LogP contribution in [-0.2, 0) is 4.74 Å². The van der Waals surface area contributed by atoms with Crippen LogP contribution in [0.25, 0.3) is 0 Å². The minimum atomic E-state index is -0.648. The van der Waals surface area contributed by atoms with Crippen molar-refractivity contribution >= 4 is 0 Å². The first-order chi connectivity index (χ1) is 6.78. The van der Waals surface area contributed by atoms with E-state index in [-0.39, 0.29) is 17.6 Å². The Kier molecular flexibility index (Phi) is 3.80. The summed E-state index contributed by atoms with van der Waals surface area (Å²) >= 11 is 0. The van der Waals surface area contributed by atoms with Gasteiger partial charge in [-0.3, -0.25) is 0 Å². The lowest BCUT2D eigenvalue weighted by Crippen LogP contribution is -2.54. The Bertz CT molecular complexity index is 216. The van der Waals surface area contributed by atoms with Crippen LogP contribution in [0.3, 0.4) is 0 Å². The Morgan fingerprint density at radius 2 is 2.20 bits per heavy atom. The molecule has 0 aromatic carbocycles. The van der Waals surface area contributed by atoms with E-state index in [0.29, 0.717) is 6.54 Å². The van der Waals surface area contributed by atoms with Gasteiger partial charge in [-0.25, -0.2) is 0 Å². The van der Waals surface area contributed by atoms with Crippen LogP contribution in [0.5, 0.6) is 0 Å². The highest BCUT2D eigenvalue weighted by Crippen LogP contribution is 2.26. The van der Waals surface area contributed by atoms with E-state index >= 15 is 0 Å². The molecule has 1 rings (SSSR count). The average molecular weight is 215 g/mol.